The number of hydrogen-bond donors (Lipinski definition) is 1. The lowest BCUT2D eigenvalue weighted by Crippen LogP contribution is -2.15. The molecule has 0 saturated heterocycles. The van der Waals surface area contributed by atoms with Gasteiger partial charge in [-0.2, -0.15) is 0 Å². The van der Waals surface area contributed by atoms with Gasteiger partial charge in [-0.05, 0) is 38.1 Å². The number of halogens is 2. The molecule has 0 fully saturated rings. The second-order valence-electron chi connectivity index (χ2n) is 4.78. The van der Waals surface area contributed by atoms with Crippen LogP contribution in [0, 0.1) is 0 Å². The zero-order valence-electron chi connectivity index (χ0n) is 12.6. The number of unbranched alkanes of at least 4 members (excludes halogenated alkanes) is 4. The molecular formula is C16H27BrClNO. The van der Waals surface area contributed by atoms with Crippen molar-refractivity contribution in [3.63, 3.8) is 0 Å². The van der Waals surface area contributed by atoms with Crippen LogP contribution in [0.15, 0.2) is 22.7 Å². The number of hydrogen-bond acceptors (Lipinski definition) is 2. The Bertz CT molecular complexity index is 360. The van der Waals surface area contributed by atoms with Gasteiger partial charge in [0.25, 0.3) is 0 Å². The molecule has 0 aliphatic carbocycles. The molecule has 0 unspecified atom stereocenters. The molecule has 20 heavy (non-hydrogen) atoms. The largest absolute Gasteiger partial charge is 0.494 e. The van der Waals surface area contributed by atoms with E-state index in [0.717, 1.165) is 23.3 Å². The van der Waals surface area contributed by atoms with Crippen LogP contribution in [0.25, 0.3) is 0 Å². The quantitative estimate of drug-likeness (QED) is 0.567. The van der Waals surface area contributed by atoms with Gasteiger partial charge in [-0.25, -0.2) is 0 Å². The molecule has 0 atom stereocenters. The third-order valence-electron chi connectivity index (χ3n) is 3.09. The first kappa shape index (κ1) is 19.8. The van der Waals surface area contributed by atoms with Crippen molar-refractivity contribution in [1.29, 1.82) is 0 Å². The standard InChI is InChI=1S/C16H26BrNO.ClH/c1-3-5-6-7-8-11-18-13-14-12-15(17)9-10-16(14)19-4-2;/h9-10,12,18H,3-8,11,13H2,1-2H3;1H. The van der Waals surface area contributed by atoms with Crippen molar-refractivity contribution in [3.8, 4) is 5.75 Å². The molecule has 0 bridgehead atoms. The van der Waals surface area contributed by atoms with Gasteiger partial charge in [-0.15, -0.1) is 12.4 Å². The third kappa shape index (κ3) is 8.13. The molecule has 0 amide bonds. The highest BCUT2D eigenvalue weighted by molar-refractivity contribution is 9.10. The van der Waals surface area contributed by atoms with Crippen LogP contribution in [-0.4, -0.2) is 13.2 Å². The SMILES string of the molecule is CCCCCCCNCc1cc(Br)ccc1OCC.Cl. The Morgan fingerprint density at radius 3 is 2.55 bits per heavy atom. The Morgan fingerprint density at radius 2 is 1.85 bits per heavy atom. The molecule has 0 aliphatic rings. The lowest BCUT2D eigenvalue weighted by molar-refractivity contribution is 0.335. The van der Waals surface area contributed by atoms with Crippen LogP contribution in [0.4, 0.5) is 0 Å². The van der Waals surface area contributed by atoms with Crippen LogP contribution in [0.1, 0.15) is 51.5 Å². The first-order valence-electron chi connectivity index (χ1n) is 7.39. The fourth-order valence-electron chi connectivity index (χ4n) is 2.06. The van der Waals surface area contributed by atoms with E-state index in [0.29, 0.717) is 6.61 Å². The maximum absolute atomic E-state index is 5.64. The normalized spacial score (nSPS) is 10.2. The fourth-order valence-corrected chi connectivity index (χ4v) is 2.47. The highest BCUT2D eigenvalue weighted by atomic mass is 79.9. The molecule has 1 rings (SSSR count). The Kier molecular flexibility index (Phi) is 12.3. The third-order valence-corrected chi connectivity index (χ3v) is 3.59. The summed E-state index contributed by atoms with van der Waals surface area (Å²) in [5, 5.41) is 3.50. The van der Waals surface area contributed by atoms with Gasteiger partial charge < -0.3 is 10.1 Å². The van der Waals surface area contributed by atoms with Gasteiger partial charge in [-0.3, -0.25) is 0 Å². The van der Waals surface area contributed by atoms with Gasteiger partial charge in [0, 0.05) is 16.6 Å². The summed E-state index contributed by atoms with van der Waals surface area (Å²) in [6.07, 6.45) is 6.62. The van der Waals surface area contributed by atoms with E-state index >= 15 is 0 Å². The Balaban J connectivity index is 0.00000361. The molecule has 4 heteroatoms. The average molecular weight is 365 g/mol. The minimum Gasteiger partial charge on any atom is -0.494 e. The molecule has 0 radical (unpaired) electrons. The fraction of sp³-hybridized carbons (Fsp3) is 0.625. The van der Waals surface area contributed by atoms with E-state index in [1.54, 1.807) is 0 Å². The van der Waals surface area contributed by atoms with Gasteiger partial charge in [0.2, 0.25) is 0 Å². The van der Waals surface area contributed by atoms with Crippen molar-refractivity contribution in [2.75, 3.05) is 13.2 Å². The van der Waals surface area contributed by atoms with Crippen LogP contribution in [-0.2, 0) is 6.54 Å². The van der Waals surface area contributed by atoms with Crippen molar-refractivity contribution in [1.82, 2.24) is 5.32 Å². The molecule has 0 aliphatic heterocycles. The molecule has 0 spiro atoms. The molecule has 2 nitrogen and oxygen atoms in total. The van der Waals surface area contributed by atoms with E-state index in [1.807, 2.05) is 19.1 Å². The van der Waals surface area contributed by atoms with E-state index in [1.165, 1.54) is 37.7 Å². The second kappa shape index (κ2) is 12.5. The maximum Gasteiger partial charge on any atom is 0.123 e. The molecule has 1 aromatic rings. The zero-order chi connectivity index (χ0) is 13.9. The van der Waals surface area contributed by atoms with Gasteiger partial charge in [0.1, 0.15) is 5.75 Å². The van der Waals surface area contributed by atoms with Crippen molar-refractivity contribution in [2.24, 2.45) is 0 Å². The van der Waals surface area contributed by atoms with E-state index in [2.05, 4.69) is 34.2 Å². The summed E-state index contributed by atoms with van der Waals surface area (Å²) in [4.78, 5) is 0. The smallest absolute Gasteiger partial charge is 0.123 e. The monoisotopic (exact) mass is 363 g/mol. The molecule has 0 heterocycles. The molecule has 1 N–H and O–H groups in total. The van der Waals surface area contributed by atoms with Crippen molar-refractivity contribution in [3.05, 3.63) is 28.2 Å². The summed E-state index contributed by atoms with van der Waals surface area (Å²) in [6, 6.07) is 6.19. The summed E-state index contributed by atoms with van der Waals surface area (Å²) in [5.41, 5.74) is 1.23. The van der Waals surface area contributed by atoms with Gasteiger partial charge in [0.05, 0.1) is 6.61 Å². The predicted octanol–water partition coefficient (Wildman–Crippen LogP) is 5.33. The van der Waals surface area contributed by atoms with E-state index in [9.17, 15) is 0 Å². The van der Waals surface area contributed by atoms with Crippen LogP contribution in [0.3, 0.4) is 0 Å². The lowest BCUT2D eigenvalue weighted by atomic mass is 10.1. The first-order valence-corrected chi connectivity index (χ1v) is 8.19. The minimum atomic E-state index is 0. The summed E-state index contributed by atoms with van der Waals surface area (Å²) < 4.78 is 6.75. The van der Waals surface area contributed by atoms with E-state index in [-0.39, 0.29) is 12.4 Å². The summed E-state index contributed by atoms with van der Waals surface area (Å²) in [5.74, 6) is 0.990. The van der Waals surface area contributed by atoms with Crippen molar-refractivity contribution >= 4 is 28.3 Å². The van der Waals surface area contributed by atoms with Gasteiger partial charge >= 0.3 is 0 Å². The average Bonchev–Trinajstić information content (AvgIpc) is 2.41. The van der Waals surface area contributed by atoms with Gasteiger partial charge in [-0.1, -0.05) is 48.5 Å². The van der Waals surface area contributed by atoms with Crippen molar-refractivity contribution < 1.29 is 4.74 Å². The Hall–Kier alpha value is -0.250. The molecular weight excluding hydrogens is 338 g/mol. The number of benzene rings is 1. The van der Waals surface area contributed by atoms with Crippen LogP contribution in [0.5, 0.6) is 5.75 Å². The van der Waals surface area contributed by atoms with Crippen LogP contribution in [0.2, 0.25) is 0 Å². The predicted molar refractivity (Wildman–Crippen MR) is 93.0 cm³/mol. The second-order valence-corrected chi connectivity index (χ2v) is 5.69. The topological polar surface area (TPSA) is 21.3 Å². The van der Waals surface area contributed by atoms with Crippen molar-refractivity contribution in [2.45, 2.75) is 52.5 Å². The molecule has 0 saturated carbocycles. The summed E-state index contributed by atoms with van der Waals surface area (Å²) in [7, 11) is 0. The molecule has 1 aromatic carbocycles. The number of nitrogens with one attached hydrogen (secondary N) is 1. The minimum absolute atomic E-state index is 0. The van der Waals surface area contributed by atoms with Crippen LogP contribution < -0.4 is 10.1 Å². The molecule has 0 aromatic heterocycles. The van der Waals surface area contributed by atoms with E-state index < -0.39 is 0 Å². The highest BCUT2D eigenvalue weighted by Gasteiger charge is 2.03. The Labute approximate surface area is 138 Å². The maximum atomic E-state index is 5.64. The summed E-state index contributed by atoms with van der Waals surface area (Å²) in [6.45, 7) is 6.95. The Morgan fingerprint density at radius 1 is 1.10 bits per heavy atom. The highest BCUT2D eigenvalue weighted by Crippen LogP contribution is 2.23. The van der Waals surface area contributed by atoms with E-state index in [4.69, 9.17) is 4.74 Å². The summed E-state index contributed by atoms with van der Waals surface area (Å²) >= 11 is 3.52. The lowest BCUT2D eigenvalue weighted by Gasteiger charge is -2.11. The number of rotatable bonds is 10. The van der Waals surface area contributed by atoms with Gasteiger partial charge in [0.15, 0.2) is 0 Å². The zero-order valence-corrected chi connectivity index (χ0v) is 15.0. The number of ether oxygens (including phenoxy) is 1. The first-order chi connectivity index (χ1) is 9.27. The molecule has 116 valence electrons. The van der Waals surface area contributed by atoms with Crippen LogP contribution >= 0.6 is 28.3 Å².